The quantitative estimate of drug-likeness (QED) is 0.128. The first-order valence-corrected chi connectivity index (χ1v) is 19.8. The average Bonchev–Trinajstić information content (AvgIpc) is 3.66. The van der Waals surface area contributed by atoms with Crippen LogP contribution in [0.5, 0.6) is 0 Å². The van der Waals surface area contributed by atoms with E-state index in [1.54, 1.807) is 0 Å². The molecule has 7 aromatic rings. The summed E-state index contributed by atoms with van der Waals surface area (Å²) in [4.78, 5) is 2.20. The minimum Gasteiger partial charge on any atom is -0.345 e. The molecule has 57 heavy (non-hydrogen) atoms. The number of nitrogens with one attached hydrogen (secondary N) is 1. The summed E-state index contributed by atoms with van der Waals surface area (Å²) in [5.41, 5.74) is 15.3. The molecule has 0 amide bonds. The minimum atomic E-state index is 0.951. The van der Waals surface area contributed by atoms with E-state index >= 15 is 0 Å². The number of rotatable bonds is 7. The van der Waals surface area contributed by atoms with Crippen molar-refractivity contribution in [2.45, 2.75) is 32.6 Å². The molecule has 0 saturated heterocycles. The molecule has 0 fully saturated rings. The van der Waals surface area contributed by atoms with Crippen LogP contribution in [0.3, 0.4) is 0 Å². The molecule has 9 rings (SSSR count). The SMILES string of the molecule is C1=CCCC=C1.CN(c1ccccc1)c1ccc(/C=C/c2ccc3c(c2)Cc2ccccc2-3)cc1.Cc1ccccc1.N=Cc1ccc(Cc2ccccc2)cc1. The van der Waals surface area contributed by atoms with Crippen molar-refractivity contribution < 1.29 is 0 Å². The topological polar surface area (TPSA) is 27.1 Å². The molecule has 0 radical (unpaired) electrons. The molecule has 7 aromatic carbocycles. The molecular weight excluding hydrogens is 689 g/mol. The Morgan fingerprint density at radius 3 is 1.60 bits per heavy atom. The van der Waals surface area contributed by atoms with Gasteiger partial charge in [0.25, 0.3) is 0 Å². The van der Waals surface area contributed by atoms with Gasteiger partial charge in [-0.05, 0) is 107 Å². The Balaban J connectivity index is 0.000000161. The zero-order chi connectivity index (χ0) is 39.5. The van der Waals surface area contributed by atoms with E-state index in [-0.39, 0.29) is 0 Å². The maximum Gasteiger partial charge on any atom is 0.0408 e. The van der Waals surface area contributed by atoms with E-state index in [4.69, 9.17) is 5.41 Å². The maximum absolute atomic E-state index is 7.11. The number of nitrogens with zero attached hydrogens (tertiary/aromatic N) is 1. The molecule has 1 N–H and O–H groups in total. The fourth-order valence-corrected chi connectivity index (χ4v) is 6.71. The molecule has 2 heteroatoms. The highest BCUT2D eigenvalue weighted by molar-refractivity contribution is 5.80. The summed E-state index contributed by atoms with van der Waals surface area (Å²) in [6, 6.07) is 63.4. The smallest absolute Gasteiger partial charge is 0.0408 e. The summed E-state index contributed by atoms with van der Waals surface area (Å²) in [5.74, 6) is 0. The lowest BCUT2D eigenvalue weighted by Crippen LogP contribution is -2.08. The van der Waals surface area contributed by atoms with Crippen molar-refractivity contribution in [1.29, 1.82) is 5.41 Å². The summed E-state index contributed by atoms with van der Waals surface area (Å²) in [6.07, 6.45) is 18.8. The van der Waals surface area contributed by atoms with Crippen LogP contribution in [0.25, 0.3) is 23.3 Å². The summed E-state index contributed by atoms with van der Waals surface area (Å²) < 4.78 is 0. The molecule has 2 aliphatic rings. The third-order valence-corrected chi connectivity index (χ3v) is 9.93. The number of hydrogen-bond acceptors (Lipinski definition) is 2. The lowest BCUT2D eigenvalue weighted by molar-refractivity contribution is 1.04. The van der Waals surface area contributed by atoms with Gasteiger partial charge in [-0.2, -0.15) is 0 Å². The van der Waals surface area contributed by atoms with Crippen molar-refractivity contribution >= 4 is 29.7 Å². The van der Waals surface area contributed by atoms with Gasteiger partial charge in [-0.15, -0.1) is 0 Å². The number of benzene rings is 7. The second-order valence-electron chi connectivity index (χ2n) is 14.2. The summed E-state index contributed by atoms with van der Waals surface area (Å²) in [5, 5.41) is 7.11. The molecule has 0 aromatic heterocycles. The first-order valence-electron chi connectivity index (χ1n) is 19.8. The molecule has 0 unspecified atom stereocenters. The van der Waals surface area contributed by atoms with E-state index in [0.29, 0.717) is 0 Å². The van der Waals surface area contributed by atoms with Gasteiger partial charge in [0.1, 0.15) is 0 Å². The highest BCUT2D eigenvalue weighted by Crippen LogP contribution is 2.37. The number of para-hydroxylation sites is 1. The largest absolute Gasteiger partial charge is 0.345 e. The predicted octanol–water partition coefficient (Wildman–Crippen LogP) is 14.4. The molecule has 0 saturated carbocycles. The van der Waals surface area contributed by atoms with Crippen molar-refractivity contribution in [1.82, 2.24) is 0 Å². The Labute approximate surface area is 340 Å². The van der Waals surface area contributed by atoms with Gasteiger partial charge >= 0.3 is 0 Å². The van der Waals surface area contributed by atoms with Gasteiger partial charge in [0.2, 0.25) is 0 Å². The Morgan fingerprint density at radius 1 is 0.491 bits per heavy atom. The van der Waals surface area contributed by atoms with Gasteiger partial charge in [0.15, 0.2) is 0 Å². The van der Waals surface area contributed by atoms with Gasteiger partial charge in [-0.1, -0.05) is 200 Å². The molecule has 0 bridgehead atoms. The van der Waals surface area contributed by atoms with Gasteiger partial charge in [-0.25, -0.2) is 0 Å². The van der Waals surface area contributed by atoms with Crippen molar-refractivity contribution in [2.24, 2.45) is 0 Å². The standard InChI is InChI=1S/C28H23N.C14H13N.C7H8.C6H8/c1-29(25-8-3-2-4-9-25)26-16-13-21(14-17-26)11-12-22-15-18-28-24(19-22)20-23-7-5-6-10-27(23)28;15-11-14-8-6-13(7-9-14)10-12-4-2-1-3-5-12;1-7-5-3-2-4-6-7;1-2-4-6-5-3-1/h2-19H,20H2,1H3;1-9,11,15H,10H2;2-6H,1H3;1-4H,5-6H2/b12-11+;;;. The Hall–Kier alpha value is -6.77. The third kappa shape index (κ3) is 12.4. The van der Waals surface area contributed by atoms with Crippen LogP contribution in [0.1, 0.15) is 57.3 Å². The zero-order valence-corrected chi connectivity index (χ0v) is 33.1. The molecule has 0 atom stereocenters. The normalized spacial score (nSPS) is 11.8. The second-order valence-corrected chi connectivity index (χ2v) is 14.2. The van der Waals surface area contributed by atoms with E-state index in [0.717, 1.165) is 18.4 Å². The lowest BCUT2D eigenvalue weighted by Gasteiger charge is -2.19. The second kappa shape index (κ2) is 21.4. The number of hydrogen-bond donors (Lipinski definition) is 1. The van der Waals surface area contributed by atoms with E-state index in [2.05, 4.69) is 195 Å². The van der Waals surface area contributed by atoms with Crippen LogP contribution in [0.2, 0.25) is 0 Å². The molecular formula is C55H52N2. The van der Waals surface area contributed by atoms with Crippen LogP contribution in [-0.2, 0) is 12.8 Å². The first-order chi connectivity index (χ1) is 28.1. The van der Waals surface area contributed by atoms with Gasteiger partial charge < -0.3 is 10.3 Å². The summed E-state index contributed by atoms with van der Waals surface area (Å²) in [7, 11) is 2.10. The van der Waals surface area contributed by atoms with Crippen LogP contribution < -0.4 is 4.90 Å². The summed E-state index contributed by atoms with van der Waals surface area (Å²) in [6.45, 7) is 2.08. The third-order valence-electron chi connectivity index (χ3n) is 9.93. The van der Waals surface area contributed by atoms with Crippen molar-refractivity contribution in [2.75, 3.05) is 11.9 Å². The molecule has 2 nitrogen and oxygen atoms in total. The number of fused-ring (bicyclic) bond motifs is 3. The molecule has 0 spiro atoms. The van der Waals surface area contributed by atoms with E-state index in [1.165, 1.54) is 80.5 Å². The van der Waals surface area contributed by atoms with Crippen LogP contribution in [0.15, 0.2) is 206 Å². The molecule has 0 aliphatic heterocycles. The van der Waals surface area contributed by atoms with E-state index < -0.39 is 0 Å². The van der Waals surface area contributed by atoms with Crippen molar-refractivity contribution in [3.8, 4) is 11.1 Å². The Bertz CT molecular complexity index is 2340. The average molecular weight is 741 g/mol. The number of anilines is 2. The van der Waals surface area contributed by atoms with Crippen molar-refractivity contribution in [3.63, 3.8) is 0 Å². The summed E-state index contributed by atoms with van der Waals surface area (Å²) >= 11 is 0. The monoisotopic (exact) mass is 740 g/mol. The van der Waals surface area contributed by atoms with Gasteiger partial charge in [0, 0.05) is 24.6 Å². The highest BCUT2D eigenvalue weighted by Gasteiger charge is 2.17. The van der Waals surface area contributed by atoms with Crippen LogP contribution in [0, 0.1) is 12.3 Å². The van der Waals surface area contributed by atoms with E-state index in [1.807, 2.05) is 42.5 Å². The lowest BCUT2D eigenvalue weighted by atomic mass is 10.0. The minimum absolute atomic E-state index is 0.951. The van der Waals surface area contributed by atoms with Gasteiger partial charge in [0.05, 0.1) is 0 Å². The van der Waals surface area contributed by atoms with Crippen molar-refractivity contribution in [3.05, 3.63) is 251 Å². The number of aryl methyl sites for hydroxylation is 1. The Morgan fingerprint density at radius 2 is 1.00 bits per heavy atom. The van der Waals surface area contributed by atoms with Crippen LogP contribution >= 0.6 is 0 Å². The maximum atomic E-state index is 7.11. The molecule has 282 valence electrons. The van der Waals surface area contributed by atoms with E-state index in [9.17, 15) is 0 Å². The van der Waals surface area contributed by atoms with Crippen LogP contribution in [-0.4, -0.2) is 13.3 Å². The van der Waals surface area contributed by atoms with Crippen LogP contribution in [0.4, 0.5) is 11.4 Å². The molecule has 2 aliphatic carbocycles. The van der Waals surface area contributed by atoms with Gasteiger partial charge in [-0.3, -0.25) is 0 Å². The predicted molar refractivity (Wildman–Crippen MR) is 247 cm³/mol. The fraction of sp³-hybridized carbons (Fsp3) is 0.109. The molecule has 0 heterocycles. The first kappa shape index (κ1) is 39.9. The highest BCUT2D eigenvalue weighted by atomic mass is 15.1. The zero-order valence-electron chi connectivity index (χ0n) is 33.1. The number of allylic oxidation sites excluding steroid dienone is 4. The fourth-order valence-electron chi connectivity index (χ4n) is 6.71. The Kier molecular flexibility index (Phi) is 15.0.